The molecule has 0 bridgehead atoms. The maximum absolute atomic E-state index is 8.81. The molecule has 0 saturated heterocycles. The van der Waals surface area contributed by atoms with Crippen molar-refractivity contribution in [2.75, 3.05) is 0 Å². The topological polar surface area (TPSA) is 48.7 Å². The summed E-state index contributed by atoms with van der Waals surface area (Å²) in [7, 11) is 0. The van der Waals surface area contributed by atoms with Crippen molar-refractivity contribution in [3.05, 3.63) is 52.0 Å². The molecule has 0 amide bonds. The Balaban J connectivity index is 1.96. The largest absolute Gasteiger partial charge is 0.305 e. The number of thiazole rings is 1. The average Bonchev–Trinajstić information content (AvgIpc) is 2.90. The molecule has 0 aliphatic heterocycles. The molecule has 4 heteroatoms. The lowest BCUT2D eigenvalue weighted by atomic mass is 10.1. The predicted octanol–water partition coefficient (Wildman–Crippen LogP) is 2.87. The third-order valence-corrected chi connectivity index (χ3v) is 3.17. The first-order valence-corrected chi connectivity index (χ1v) is 6.34. The molecule has 1 aromatic carbocycles. The highest BCUT2D eigenvalue weighted by atomic mass is 32.1. The fourth-order valence-electron chi connectivity index (χ4n) is 1.56. The van der Waals surface area contributed by atoms with Gasteiger partial charge in [-0.1, -0.05) is 12.1 Å². The lowest BCUT2D eigenvalue weighted by Gasteiger charge is -2.11. The second-order valence-electron chi connectivity index (χ2n) is 3.83. The third-order valence-electron chi connectivity index (χ3n) is 2.56. The first kappa shape index (κ1) is 11.8. The number of nitrogens with one attached hydrogen (secondary N) is 1. The van der Waals surface area contributed by atoms with E-state index in [1.54, 1.807) is 11.3 Å². The molecule has 0 aliphatic rings. The van der Waals surface area contributed by atoms with E-state index >= 15 is 0 Å². The highest BCUT2D eigenvalue weighted by Gasteiger charge is 2.06. The quantitative estimate of drug-likeness (QED) is 0.898. The number of aromatic nitrogens is 1. The first-order chi connectivity index (χ1) is 8.29. The number of rotatable bonds is 4. The van der Waals surface area contributed by atoms with Crippen molar-refractivity contribution in [3.8, 4) is 6.07 Å². The van der Waals surface area contributed by atoms with Crippen molar-refractivity contribution in [1.82, 2.24) is 10.3 Å². The minimum Gasteiger partial charge on any atom is -0.305 e. The van der Waals surface area contributed by atoms with Gasteiger partial charge in [-0.3, -0.25) is 0 Å². The van der Waals surface area contributed by atoms with Crippen molar-refractivity contribution in [3.63, 3.8) is 0 Å². The highest BCUT2D eigenvalue weighted by Crippen LogP contribution is 2.13. The van der Waals surface area contributed by atoms with Crippen molar-refractivity contribution in [2.24, 2.45) is 0 Å². The van der Waals surface area contributed by atoms with Gasteiger partial charge in [-0.2, -0.15) is 5.26 Å². The summed E-state index contributed by atoms with van der Waals surface area (Å²) in [5.74, 6) is 0. The van der Waals surface area contributed by atoms with Gasteiger partial charge in [0.1, 0.15) is 0 Å². The van der Waals surface area contributed by atoms with E-state index in [4.69, 9.17) is 5.26 Å². The Morgan fingerprint density at radius 2 is 2.41 bits per heavy atom. The molecule has 86 valence electrons. The van der Waals surface area contributed by atoms with Crippen molar-refractivity contribution in [1.29, 1.82) is 5.26 Å². The van der Waals surface area contributed by atoms with Crippen LogP contribution in [-0.2, 0) is 6.54 Å². The number of nitrogens with zero attached hydrogens (tertiary/aromatic N) is 2. The number of hydrogen-bond acceptors (Lipinski definition) is 4. The summed E-state index contributed by atoms with van der Waals surface area (Å²) in [5.41, 5.74) is 4.72. The molecule has 2 rings (SSSR count). The molecule has 1 unspecified atom stereocenters. The van der Waals surface area contributed by atoms with Gasteiger partial charge in [0.2, 0.25) is 0 Å². The molecule has 0 spiro atoms. The van der Waals surface area contributed by atoms with E-state index in [2.05, 4.69) is 23.3 Å². The second-order valence-corrected chi connectivity index (χ2v) is 4.55. The van der Waals surface area contributed by atoms with Crippen LogP contribution in [0, 0.1) is 11.3 Å². The van der Waals surface area contributed by atoms with Gasteiger partial charge in [-0.15, -0.1) is 11.3 Å². The molecular formula is C13H13N3S. The smallest absolute Gasteiger partial charge is 0.0991 e. The zero-order chi connectivity index (χ0) is 12.1. The minimum absolute atomic E-state index is 0.229. The lowest BCUT2D eigenvalue weighted by Crippen LogP contribution is -2.18. The monoisotopic (exact) mass is 243 g/mol. The van der Waals surface area contributed by atoms with Crippen LogP contribution >= 0.6 is 11.3 Å². The van der Waals surface area contributed by atoms with E-state index < -0.39 is 0 Å². The molecular weight excluding hydrogens is 230 g/mol. The Morgan fingerprint density at radius 1 is 1.53 bits per heavy atom. The van der Waals surface area contributed by atoms with Crippen LogP contribution in [0.3, 0.4) is 0 Å². The molecule has 0 saturated carbocycles. The van der Waals surface area contributed by atoms with E-state index in [0.717, 1.165) is 17.8 Å². The molecule has 17 heavy (non-hydrogen) atoms. The summed E-state index contributed by atoms with van der Waals surface area (Å²) in [4.78, 5) is 4.27. The molecule has 1 heterocycles. The Labute approximate surface area is 105 Å². The molecule has 3 nitrogen and oxygen atoms in total. The van der Waals surface area contributed by atoms with Crippen molar-refractivity contribution >= 4 is 11.3 Å². The standard InChI is InChI=1S/C13H13N3S/c1-10(13-8-17-9-16-13)15-7-12-4-2-3-11(5-12)6-14/h2-5,8-10,15H,7H2,1H3. The Morgan fingerprint density at radius 3 is 3.12 bits per heavy atom. The molecule has 1 aromatic heterocycles. The summed E-state index contributed by atoms with van der Waals surface area (Å²) in [6.45, 7) is 2.83. The second kappa shape index (κ2) is 5.58. The van der Waals surface area contributed by atoms with E-state index in [-0.39, 0.29) is 6.04 Å². The van der Waals surface area contributed by atoms with Gasteiger partial charge >= 0.3 is 0 Å². The van der Waals surface area contributed by atoms with Gasteiger partial charge in [-0.05, 0) is 24.6 Å². The number of benzene rings is 1. The third kappa shape index (κ3) is 3.13. The molecule has 1 N–H and O–H groups in total. The van der Waals surface area contributed by atoms with Crippen molar-refractivity contribution < 1.29 is 0 Å². The van der Waals surface area contributed by atoms with E-state index in [1.807, 2.05) is 35.2 Å². The van der Waals surface area contributed by atoms with Crippen LogP contribution in [0.5, 0.6) is 0 Å². The summed E-state index contributed by atoms with van der Waals surface area (Å²) in [5, 5.41) is 14.2. The molecule has 2 aromatic rings. The predicted molar refractivity (Wildman–Crippen MR) is 68.5 cm³/mol. The van der Waals surface area contributed by atoms with E-state index in [1.165, 1.54) is 0 Å². The van der Waals surface area contributed by atoms with Gasteiger partial charge in [0, 0.05) is 18.0 Å². The SMILES string of the molecule is CC(NCc1cccc(C#N)c1)c1cscn1. The maximum atomic E-state index is 8.81. The van der Waals surface area contributed by atoms with Gasteiger partial charge < -0.3 is 5.32 Å². The summed E-state index contributed by atoms with van der Waals surface area (Å²) in [6.07, 6.45) is 0. The molecule has 0 fully saturated rings. The van der Waals surface area contributed by atoms with Crippen molar-refractivity contribution in [2.45, 2.75) is 19.5 Å². The normalized spacial score (nSPS) is 12.0. The van der Waals surface area contributed by atoms with Crippen LogP contribution in [0.15, 0.2) is 35.2 Å². The average molecular weight is 243 g/mol. The molecule has 0 radical (unpaired) electrons. The molecule has 0 aliphatic carbocycles. The summed E-state index contributed by atoms with van der Waals surface area (Å²) < 4.78 is 0. The van der Waals surface area contributed by atoms with Gasteiger partial charge in [0.05, 0.1) is 22.8 Å². The van der Waals surface area contributed by atoms with Crippen LogP contribution in [0.25, 0.3) is 0 Å². The van der Waals surface area contributed by atoms with Gasteiger partial charge in [0.15, 0.2) is 0 Å². The number of hydrogen-bond donors (Lipinski definition) is 1. The fourth-order valence-corrected chi connectivity index (χ4v) is 2.21. The van der Waals surface area contributed by atoms with Gasteiger partial charge in [-0.25, -0.2) is 4.98 Å². The molecule has 1 atom stereocenters. The fraction of sp³-hybridized carbons (Fsp3) is 0.231. The lowest BCUT2D eigenvalue weighted by molar-refractivity contribution is 0.564. The van der Waals surface area contributed by atoms with Crippen LogP contribution < -0.4 is 5.32 Å². The Hall–Kier alpha value is -1.70. The Bertz CT molecular complexity index is 514. The number of nitriles is 1. The maximum Gasteiger partial charge on any atom is 0.0991 e. The van der Waals surface area contributed by atoms with Crippen LogP contribution in [-0.4, -0.2) is 4.98 Å². The highest BCUT2D eigenvalue weighted by molar-refractivity contribution is 7.07. The summed E-state index contributed by atoms with van der Waals surface area (Å²) >= 11 is 1.60. The van der Waals surface area contributed by atoms with Crippen LogP contribution in [0.1, 0.15) is 29.8 Å². The zero-order valence-corrected chi connectivity index (χ0v) is 10.4. The minimum atomic E-state index is 0.229. The summed E-state index contributed by atoms with van der Waals surface area (Å²) in [6, 6.07) is 10.0. The van der Waals surface area contributed by atoms with Crippen LogP contribution in [0.4, 0.5) is 0 Å². The van der Waals surface area contributed by atoms with Gasteiger partial charge in [0.25, 0.3) is 0 Å². The first-order valence-electron chi connectivity index (χ1n) is 5.40. The van der Waals surface area contributed by atoms with E-state index in [9.17, 15) is 0 Å². The van der Waals surface area contributed by atoms with E-state index in [0.29, 0.717) is 5.56 Å². The zero-order valence-electron chi connectivity index (χ0n) is 9.55. The van der Waals surface area contributed by atoms with Crippen LogP contribution in [0.2, 0.25) is 0 Å². The Kier molecular flexibility index (Phi) is 3.86.